The highest BCUT2D eigenvalue weighted by atomic mass is 32.2. The van der Waals surface area contributed by atoms with Gasteiger partial charge in [0.15, 0.2) is 0 Å². The van der Waals surface area contributed by atoms with E-state index in [-0.39, 0.29) is 25.0 Å². The fourth-order valence-electron chi connectivity index (χ4n) is 4.65. The molecule has 1 fully saturated rings. The number of carbonyl (C=O) groups excluding carboxylic acids is 2. The van der Waals surface area contributed by atoms with E-state index in [4.69, 9.17) is 0 Å². The third kappa shape index (κ3) is 7.07. The van der Waals surface area contributed by atoms with Crippen molar-refractivity contribution in [1.29, 1.82) is 0 Å². The summed E-state index contributed by atoms with van der Waals surface area (Å²) >= 11 is 0. The highest BCUT2D eigenvalue weighted by Gasteiger charge is 2.33. The number of nitrogens with one attached hydrogen (secondary N) is 1. The van der Waals surface area contributed by atoms with Crippen LogP contribution in [0.5, 0.6) is 0 Å². The lowest BCUT2D eigenvalue weighted by Crippen LogP contribution is -2.53. The SMILES string of the molecule is CCC(C(=O)NC1CCCC1)N(Cc1ccccc1C)C(=O)CN(c1cccc(C)c1)S(C)(=O)=O. The van der Waals surface area contributed by atoms with Crippen molar-refractivity contribution in [3.63, 3.8) is 0 Å². The number of anilines is 1. The van der Waals surface area contributed by atoms with E-state index < -0.39 is 22.0 Å². The summed E-state index contributed by atoms with van der Waals surface area (Å²) in [5, 5.41) is 3.12. The van der Waals surface area contributed by atoms with E-state index in [0.29, 0.717) is 12.1 Å². The van der Waals surface area contributed by atoms with Gasteiger partial charge in [0.05, 0.1) is 11.9 Å². The Balaban J connectivity index is 1.93. The molecule has 0 aromatic heterocycles. The molecule has 0 bridgehead atoms. The minimum Gasteiger partial charge on any atom is -0.352 e. The molecule has 0 radical (unpaired) electrons. The van der Waals surface area contributed by atoms with E-state index in [1.165, 1.54) is 0 Å². The molecule has 1 saturated carbocycles. The van der Waals surface area contributed by atoms with Gasteiger partial charge in [-0.05, 0) is 61.9 Å². The molecule has 0 spiro atoms. The predicted octanol–water partition coefficient (Wildman–Crippen LogP) is 3.94. The standard InChI is InChI=1S/C27H37N3O4S/c1-5-25(27(32)28-23-14-8-9-15-23)29(18-22-13-7-6-12-21(22)3)26(31)19-30(35(4,33)34)24-16-10-11-20(2)17-24/h6-7,10-13,16-17,23,25H,5,8-9,14-15,18-19H2,1-4H3,(H,28,32). The lowest BCUT2D eigenvalue weighted by molar-refractivity contribution is -0.140. The van der Waals surface area contributed by atoms with Crippen LogP contribution in [0.4, 0.5) is 5.69 Å². The highest BCUT2D eigenvalue weighted by molar-refractivity contribution is 7.92. The molecule has 8 heteroatoms. The van der Waals surface area contributed by atoms with E-state index in [0.717, 1.165) is 52.9 Å². The fraction of sp³-hybridized carbons (Fsp3) is 0.481. The minimum absolute atomic E-state index is 0.131. The van der Waals surface area contributed by atoms with Crippen molar-refractivity contribution in [2.75, 3.05) is 17.1 Å². The molecule has 7 nitrogen and oxygen atoms in total. The average Bonchev–Trinajstić information content (AvgIpc) is 3.30. The van der Waals surface area contributed by atoms with Gasteiger partial charge in [-0.1, -0.05) is 56.2 Å². The van der Waals surface area contributed by atoms with Gasteiger partial charge < -0.3 is 10.2 Å². The number of nitrogens with zero attached hydrogens (tertiary/aromatic N) is 2. The van der Waals surface area contributed by atoms with Gasteiger partial charge in [-0.2, -0.15) is 0 Å². The molecule has 35 heavy (non-hydrogen) atoms. The van der Waals surface area contributed by atoms with Crippen molar-refractivity contribution >= 4 is 27.5 Å². The topological polar surface area (TPSA) is 86.8 Å². The van der Waals surface area contributed by atoms with Gasteiger partial charge in [-0.15, -0.1) is 0 Å². The first-order valence-electron chi connectivity index (χ1n) is 12.3. The zero-order valence-corrected chi connectivity index (χ0v) is 22.0. The molecule has 1 N–H and O–H groups in total. The summed E-state index contributed by atoms with van der Waals surface area (Å²) < 4.78 is 26.5. The third-order valence-electron chi connectivity index (χ3n) is 6.66. The largest absolute Gasteiger partial charge is 0.352 e. The minimum atomic E-state index is -3.73. The van der Waals surface area contributed by atoms with Crippen LogP contribution in [0.1, 0.15) is 55.7 Å². The molecule has 2 aromatic rings. The molecule has 2 aromatic carbocycles. The van der Waals surface area contributed by atoms with Crippen molar-refractivity contribution in [3.8, 4) is 0 Å². The molecule has 1 atom stereocenters. The summed E-state index contributed by atoms with van der Waals surface area (Å²) in [6.07, 6.45) is 5.60. The van der Waals surface area contributed by atoms with E-state index >= 15 is 0 Å². The van der Waals surface area contributed by atoms with Gasteiger partial charge in [0.25, 0.3) is 0 Å². The maximum atomic E-state index is 13.8. The van der Waals surface area contributed by atoms with Crippen LogP contribution in [0.2, 0.25) is 0 Å². The lowest BCUT2D eigenvalue weighted by Gasteiger charge is -2.33. The molecule has 2 amide bonds. The molecular weight excluding hydrogens is 462 g/mol. The van der Waals surface area contributed by atoms with Crippen molar-refractivity contribution < 1.29 is 18.0 Å². The van der Waals surface area contributed by atoms with Crippen LogP contribution >= 0.6 is 0 Å². The number of aryl methyl sites for hydroxylation is 2. The number of amides is 2. The number of hydrogen-bond acceptors (Lipinski definition) is 4. The normalized spacial score (nSPS) is 15.0. The highest BCUT2D eigenvalue weighted by Crippen LogP contribution is 2.22. The van der Waals surface area contributed by atoms with Crippen LogP contribution in [0.3, 0.4) is 0 Å². The second kappa shape index (κ2) is 11.7. The first-order valence-corrected chi connectivity index (χ1v) is 14.1. The Morgan fingerprint density at radius 2 is 1.74 bits per heavy atom. The second-order valence-corrected chi connectivity index (χ2v) is 11.4. The molecular formula is C27H37N3O4S. The summed E-state index contributed by atoms with van der Waals surface area (Å²) in [7, 11) is -3.73. The monoisotopic (exact) mass is 499 g/mol. The summed E-state index contributed by atoms with van der Waals surface area (Å²) in [5.41, 5.74) is 3.26. The Labute approximate surface area is 209 Å². The number of benzene rings is 2. The molecule has 0 aliphatic heterocycles. The Hall–Kier alpha value is -2.87. The molecule has 190 valence electrons. The second-order valence-electron chi connectivity index (χ2n) is 9.47. The number of carbonyl (C=O) groups is 2. The summed E-state index contributed by atoms with van der Waals surface area (Å²) in [5.74, 6) is -0.587. The number of sulfonamides is 1. The zero-order chi connectivity index (χ0) is 25.6. The van der Waals surface area contributed by atoms with Crippen molar-refractivity contribution in [3.05, 3.63) is 65.2 Å². The Morgan fingerprint density at radius 1 is 1.06 bits per heavy atom. The van der Waals surface area contributed by atoms with E-state index in [1.54, 1.807) is 23.1 Å². The summed E-state index contributed by atoms with van der Waals surface area (Å²) in [4.78, 5) is 28.6. The van der Waals surface area contributed by atoms with Gasteiger partial charge in [-0.3, -0.25) is 13.9 Å². The molecule has 1 unspecified atom stereocenters. The number of rotatable bonds is 10. The first kappa shape index (κ1) is 26.7. The van der Waals surface area contributed by atoms with Gasteiger partial charge in [-0.25, -0.2) is 8.42 Å². The smallest absolute Gasteiger partial charge is 0.244 e. The Morgan fingerprint density at radius 3 is 2.34 bits per heavy atom. The van der Waals surface area contributed by atoms with Gasteiger partial charge in [0.1, 0.15) is 12.6 Å². The number of hydrogen-bond donors (Lipinski definition) is 1. The van der Waals surface area contributed by atoms with Gasteiger partial charge in [0, 0.05) is 12.6 Å². The summed E-state index contributed by atoms with van der Waals surface area (Å²) in [6, 6.07) is 14.2. The van der Waals surface area contributed by atoms with Gasteiger partial charge in [0.2, 0.25) is 21.8 Å². The zero-order valence-electron chi connectivity index (χ0n) is 21.2. The van der Waals surface area contributed by atoms with E-state index in [1.807, 2.05) is 51.1 Å². The fourth-order valence-corrected chi connectivity index (χ4v) is 5.50. The molecule has 1 aliphatic rings. The third-order valence-corrected chi connectivity index (χ3v) is 7.80. The molecule has 0 saturated heterocycles. The quantitative estimate of drug-likeness (QED) is 0.537. The van der Waals surface area contributed by atoms with E-state index in [9.17, 15) is 18.0 Å². The first-order chi connectivity index (χ1) is 16.6. The maximum Gasteiger partial charge on any atom is 0.244 e. The molecule has 0 heterocycles. The van der Waals surface area contributed by atoms with Crippen LogP contribution < -0.4 is 9.62 Å². The van der Waals surface area contributed by atoms with Crippen molar-refractivity contribution in [2.24, 2.45) is 0 Å². The van der Waals surface area contributed by atoms with Crippen molar-refractivity contribution in [2.45, 2.75) is 71.5 Å². The Bertz CT molecular complexity index is 1140. The van der Waals surface area contributed by atoms with Crippen molar-refractivity contribution in [1.82, 2.24) is 10.2 Å². The van der Waals surface area contributed by atoms with Crippen LogP contribution in [-0.4, -0.2) is 50.0 Å². The van der Waals surface area contributed by atoms with Crippen LogP contribution in [0, 0.1) is 13.8 Å². The predicted molar refractivity (Wildman–Crippen MR) is 140 cm³/mol. The summed E-state index contributed by atoms with van der Waals surface area (Å²) in [6.45, 7) is 5.57. The maximum absolute atomic E-state index is 13.8. The Kier molecular flexibility index (Phi) is 8.94. The van der Waals surface area contributed by atoms with Crippen LogP contribution in [0.15, 0.2) is 48.5 Å². The molecule has 3 rings (SSSR count). The van der Waals surface area contributed by atoms with Crippen LogP contribution in [0.25, 0.3) is 0 Å². The van der Waals surface area contributed by atoms with Gasteiger partial charge >= 0.3 is 0 Å². The van der Waals surface area contributed by atoms with Crippen LogP contribution in [-0.2, 0) is 26.2 Å². The van der Waals surface area contributed by atoms with E-state index in [2.05, 4.69) is 5.32 Å². The molecule has 1 aliphatic carbocycles. The average molecular weight is 500 g/mol. The lowest BCUT2D eigenvalue weighted by atomic mass is 10.1.